The molecule has 2 aromatic carbocycles. The number of hydrogen-bond acceptors (Lipinski definition) is 3. The molecule has 29 heavy (non-hydrogen) atoms. The van der Waals surface area contributed by atoms with E-state index in [-0.39, 0.29) is 10.8 Å². The molecule has 0 spiro atoms. The molecular formula is C23H30N2O3S. The van der Waals surface area contributed by atoms with Gasteiger partial charge in [0.15, 0.2) is 0 Å². The minimum absolute atomic E-state index is 0.171. The van der Waals surface area contributed by atoms with Gasteiger partial charge in [-0.25, -0.2) is 8.42 Å². The monoisotopic (exact) mass is 414 g/mol. The Morgan fingerprint density at radius 2 is 1.69 bits per heavy atom. The number of anilines is 1. The number of sulfonamides is 1. The summed E-state index contributed by atoms with van der Waals surface area (Å²) in [5.41, 5.74) is 1.82. The second-order valence-electron chi connectivity index (χ2n) is 7.90. The Bertz CT molecular complexity index is 915. The number of amides is 1. The standard InChI is InChI=1S/C23H30N2O3S/c1-18-11-13-22(14-12-18)29(27,28)25-21-10-6-9-20(17-21)23(26)24-16-15-19-7-4-2-3-5-8-19/h6,9-14,17,19,25H,2-5,7-8,15-16H2,1H3,(H,24,26). The predicted octanol–water partition coefficient (Wildman–Crippen LogP) is 4.89. The Kier molecular flexibility index (Phi) is 7.31. The van der Waals surface area contributed by atoms with Gasteiger partial charge in [-0.15, -0.1) is 0 Å². The van der Waals surface area contributed by atoms with Crippen LogP contribution in [0.2, 0.25) is 0 Å². The zero-order valence-electron chi connectivity index (χ0n) is 17.0. The lowest BCUT2D eigenvalue weighted by Crippen LogP contribution is -2.26. The highest BCUT2D eigenvalue weighted by atomic mass is 32.2. The number of rotatable bonds is 7. The van der Waals surface area contributed by atoms with Crippen molar-refractivity contribution >= 4 is 21.6 Å². The van der Waals surface area contributed by atoms with E-state index in [4.69, 9.17) is 0 Å². The van der Waals surface area contributed by atoms with E-state index in [2.05, 4.69) is 10.0 Å². The van der Waals surface area contributed by atoms with Gasteiger partial charge in [-0.2, -0.15) is 0 Å². The maximum absolute atomic E-state index is 12.6. The first-order chi connectivity index (χ1) is 13.9. The minimum Gasteiger partial charge on any atom is -0.352 e. The van der Waals surface area contributed by atoms with Gasteiger partial charge in [-0.1, -0.05) is 62.3 Å². The Morgan fingerprint density at radius 1 is 1.00 bits per heavy atom. The van der Waals surface area contributed by atoms with Crippen molar-refractivity contribution in [1.29, 1.82) is 0 Å². The molecule has 6 heteroatoms. The maximum atomic E-state index is 12.6. The van der Waals surface area contributed by atoms with E-state index < -0.39 is 10.0 Å². The molecule has 0 bridgehead atoms. The SMILES string of the molecule is Cc1ccc(S(=O)(=O)Nc2cccc(C(=O)NCCC3CCCCCC3)c2)cc1. The summed E-state index contributed by atoms with van der Waals surface area (Å²) >= 11 is 0. The van der Waals surface area contributed by atoms with Crippen molar-refractivity contribution < 1.29 is 13.2 Å². The molecule has 2 aromatic rings. The fourth-order valence-corrected chi connectivity index (χ4v) is 4.85. The van der Waals surface area contributed by atoms with Gasteiger partial charge in [0.2, 0.25) is 0 Å². The summed E-state index contributed by atoms with van der Waals surface area (Å²) in [6, 6.07) is 13.3. The van der Waals surface area contributed by atoms with Gasteiger partial charge in [0.25, 0.3) is 15.9 Å². The highest BCUT2D eigenvalue weighted by Gasteiger charge is 2.16. The number of hydrogen-bond donors (Lipinski definition) is 2. The Labute approximate surface area is 174 Å². The Hall–Kier alpha value is -2.34. The zero-order valence-corrected chi connectivity index (χ0v) is 17.8. The molecule has 2 N–H and O–H groups in total. The number of aryl methyl sites for hydroxylation is 1. The summed E-state index contributed by atoms with van der Waals surface area (Å²) in [7, 11) is -3.69. The van der Waals surface area contributed by atoms with Crippen molar-refractivity contribution in [2.75, 3.05) is 11.3 Å². The van der Waals surface area contributed by atoms with Gasteiger partial charge in [0.05, 0.1) is 4.90 Å². The van der Waals surface area contributed by atoms with Crippen LogP contribution in [-0.2, 0) is 10.0 Å². The van der Waals surface area contributed by atoms with Crippen molar-refractivity contribution in [3.8, 4) is 0 Å². The maximum Gasteiger partial charge on any atom is 0.261 e. The molecule has 0 unspecified atom stereocenters. The lowest BCUT2D eigenvalue weighted by molar-refractivity contribution is 0.0951. The van der Waals surface area contributed by atoms with Crippen LogP contribution >= 0.6 is 0 Å². The third-order valence-corrected chi connectivity index (χ3v) is 6.92. The van der Waals surface area contributed by atoms with Gasteiger partial charge >= 0.3 is 0 Å². The molecule has 0 aliphatic heterocycles. The largest absolute Gasteiger partial charge is 0.352 e. The topological polar surface area (TPSA) is 75.3 Å². The van der Waals surface area contributed by atoms with Gasteiger partial charge in [-0.05, 0) is 49.6 Å². The normalized spacial score (nSPS) is 15.5. The summed E-state index contributed by atoms with van der Waals surface area (Å²) in [5, 5.41) is 2.98. The molecule has 0 radical (unpaired) electrons. The van der Waals surface area contributed by atoms with E-state index in [9.17, 15) is 13.2 Å². The van der Waals surface area contributed by atoms with Crippen LogP contribution in [0.1, 0.15) is 60.9 Å². The first kappa shape index (κ1) is 21.4. The van der Waals surface area contributed by atoms with Crippen LogP contribution in [0, 0.1) is 12.8 Å². The van der Waals surface area contributed by atoms with Gasteiger partial charge in [0, 0.05) is 17.8 Å². The summed E-state index contributed by atoms with van der Waals surface area (Å²) in [6.45, 7) is 2.56. The molecule has 156 valence electrons. The summed E-state index contributed by atoms with van der Waals surface area (Å²) in [4.78, 5) is 12.7. The van der Waals surface area contributed by atoms with Crippen molar-refractivity contribution in [1.82, 2.24) is 5.32 Å². The average molecular weight is 415 g/mol. The molecular weight excluding hydrogens is 384 g/mol. The molecule has 3 rings (SSSR count). The Balaban J connectivity index is 1.58. The highest BCUT2D eigenvalue weighted by Crippen LogP contribution is 2.25. The first-order valence-corrected chi connectivity index (χ1v) is 11.9. The molecule has 5 nitrogen and oxygen atoms in total. The van der Waals surface area contributed by atoms with Gasteiger partial charge in [0.1, 0.15) is 0 Å². The smallest absolute Gasteiger partial charge is 0.261 e. The van der Waals surface area contributed by atoms with Crippen molar-refractivity contribution in [2.45, 2.75) is 56.8 Å². The van der Waals surface area contributed by atoms with Crippen molar-refractivity contribution in [2.24, 2.45) is 5.92 Å². The van der Waals surface area contributed by atoms with Crippen LogP contribution < -0.4 is 10.0 Å². The number of nitrogens with one attached hydrogen (secondary N) is 2. The second kappa shape index (κ2) is 9.92. The molecule has 1 saturated carbocycles. The first-order valence-electron chi connectivity index (χ1n) is 10.4. The van der Waals surface area contributed by atoms with Gasteiger partial charge in [-0.3, -0.25) is 9.52 Å². The number of carbonyl (C=O) groups is 1. The molecule has 0 saturated heterocycles. The lowest BCUT2D eigenvalue weighted by atomic mass is 9.97. The molecule has 1 aliphatic carbocycles. The van der Waals surface area contributed by atoms with Crippen LogP contribution in [0.5, 0.6) is 0 Å². The molecule has 1 fully saturated rings. The third kappa shape index (κ3) is 6.32. The third-order valence-electron chi connectivity index (χ3n) is 5.52. The summed E-state index contributed by atoms with van der Waals surface area (Å²) < 4.78 is 27.7. The van der Waals surface area contributed by atoms with E-state index in [1.54, 1.807) is 48.5 Å². The van der Waals surface area contributed by atoms with Crippen LogP contribution in [0.3, 0.4) is 0 Å². The van der Waals surface area contributed by atoms with Crippen LogP contribution in [0.25, 0.3) is 0 Å². The second-order valence-corrected chi connectivity index (χ2v) is 9.58. The van der Waals surface area contributed by atoms with Crippen LogP contribution in [0.4, 0.5) is 5.69 Å². The van der Waals surface area contributed by atoms with Crippen molar-refractivity contribution in [3.05, 3.63) is 59.7 Å². The molecule has 1 aliphatic rings. The van der Waals surface area contributed by atoms with E-state index in [0.29, 0.717) is 23.7 Å². The summed E-state index contributed by atoms with van der Waals surface area (Å²) in [6.07, 6.45) is 8.76. The molecule has 1 amide bonds. The van der Waals surface area contributed by atoms with E-state index >= 15 is 0 Å². The summed E-state index contributed by atoms with van der Waals surface area (Å²) in [5.74, 6) is 0.528. The zero-order chi connectivity index (χ0) is 20.7. The average Bonchev–Trinajstić information content (AvgIpc) is 2.97. The Morgan fingerprint density at radius 3 is 2.38 bits per heavy atom. The van der Waals surface area contributed by atoms with Crippen LogP contribution in [0.15, 0.2) is 53.4 Å². The predicted molar refractivity (Wildman–Crippen MR) is 117 cm³/mol. The number of benzene rings is 2. The molecule has 0 atom stereocenters. The molecule has 0 aromatic heterocycles. The lowest BCUT2D eigenvalue weighted by Gasteiger charge is -2.14. The van der Waals surface area contributed by atoms with Crippen LogP contribution in [-0.4, -0.2) is 20.9 Å². The quantitative estimate of drug-likeness (QED) is 0.634. The highest BCUT2D eigenvalue weighted by molar-refractivity contribution is 7.92. The van der Waals surface area contributed by atoms with Gasteiger partial charge < -0.3 is 5.32 Å². The minimum atomic E-state index is -3.69. The fourth-order valence-electron chi connectivity index (χ4n) is 3.80. The van der Waals surface area contributed by atoms with Crippen molar-refractivity contribution in [3.63, 3.8) is 0 Å². The van der Waals surface area contributed by atoms with E-state index in [1.165, 1.54) is 38.5 Å². The fraction of sp³-hybridized carbons (Fsp3) is 0.435. The molecule has 0 heterocycles. The number of carbonyl (C=O) groups excluding carboxylic acids is 1. The van der Waals surface area contributed by atoms with E-state index in [1.807, 2.05) is 6.92 Å². The van der Waals surface area contributed by atoms with E-state index in [0.717, 1.165) is 12.0 Å².